The first kappa shape index (κ1) is 16.9. The first-order valence-corrected chi connectivity index (χ1v) is 8.66. The summed E-state index contributed by atoms with van der Waals surface area (Å²) in [4.78, 5) is 16.2. The van der Waals surface area contributed by atoms with Gasteiger partial charge in [-0.15, -0.1) is 0 Å². The number of rotatable bonds is 4. The molecule has 2 N–H and O–H groups in total. The largest absolute Gasteiger partial charge is 0.371 e. The Morgan fingerprint density at radius 2 is 2.29 bits per heavy atom. The molecule has 1 saturated heterocycles. The maximum Gasteiger partial charge on any atom is 0.319 e. The van der Waals surface area contributed by atoms with Crippen molar-refractivity contribution in [3.05, 3.63) is 40.9 Å². The van der Waals surface area contributed by atoms with Crippen molar-refractivity contribution in [1.82, 2.24) is 20.1 Å². The highest BCUT2D eigenvalue weighted by Gasteiger charge is 2.32. The van der Waals surface area contributed by atoms with Gasteiger partial charge < -0.3 is 15.4 Å². The third kappa shape index (κ3) is 3.76. The van der Waals surface area contributed by atoms with Gasteiger partial charge in [-0.3, -0.25) is 9.67 Å². The summed E-state index contributed by atoms with van der Waals surface area (Å²) in [6, 6.07) is 1.67. The van der Waals surface area contributed by atoms with Gasteiger partial charge in [-0.2, -0.15) is 5.10 Å². The lowest BCUT2D eigenvalue weighted by Crippen LogP contribution is -2.39. The summed E-state index contributed by atoms with van der Waals surface area (Å²) in [6.45, 7) is 4.76. The van der Waals surface area contributed by atoms with Crippen LogP contribution >= 0.6 is 15.9 Å². The summed E-state index contributed by atoms with van der Waals surface area (Å²) >= 11 is 3.36. The van der Waals surface area contributed by atoms with Gasteiger partial charge in [-0.25, -0.2) is 4.79 Å². The van der Waals surface area contributed by atoms with Gasteiger partial charge in [0.05, 0.1) is 22.4 Å². The molecule has 8 heteroatoms. The smallest absolute Gasteiger partial charge is 0.319 e. The number of hydrogen-bond acceptors (Lipinski definition) is 4. The predicted octanol–water partition coefficient (Wildman–Crippen LogP) is 3.27. The fraction of sp³-hybridized carbons (Fsp3) is 0.438. The molecule has 2 aromatic rings. The second kappa shape index (κ2) is 7.31. The van der Waals surface area contributed by atoms with Crippen molar-refractivity contribution in [3.8, 4) is 0 Å². The van der Waals surface area contributed by atoms with Crippen LogP contribution in [0.1, 0.15) is 38.0 Å². The summed E-state index contributed by atoms with van der Waals surface area (Å²) < 4.78 is 8.43. The molecule has 1 aliphatic rings. The Kier molecular flexibility index (Phi) is 5.15. The minimum Gasteiger partial charge on any atom is -0.371 e. The second-order valence-corrected chi connectivity index (χ2v) is 6.84. The van der Waals surface area contributed by atoms with Crippen LogP contribution in [0, 0.1) is 0 Å². The SMILES string of the molecule is CC(C)n1cc([C@@H]2OCC[C@H]2NC(=O)Nc2ccncc2Br)cn1. The number of pyridine rings is 1. The van der Waals surface area contributed by atoms with Crippen LogP contribution in [-0.2, 0) is 4.74 Å². The van der Waals surface area contributed by atoms with Gasteiger partial charge in [0.1, 0.15) is 6.10 Å². The van der Waals surface area contributed by atoms with E-state index in [0.29, 0.717) is 18.3 Å². The molecule has 2 atom stereocenters. The minimum absolute atomic E-state index is 0.0876. The van der Waals surface area contributed by atoms with Crippen molar-refractivity contribution >= 4 is 27.6 Å². The normalized spacial score (nSPS) is 20.3. The third-order valence-electron chi connectivity index (χ3n) is 3.91. The van der Waals surface area contributed by atoms with Crippen molar-refractivity contribution in [3.63, 3.8) is 0 Å². The Morgan fingerprint density at radius 3 is 3.00 bits per heavy atom. The maximum absolute atomic E-state index is 12.3. The van der Waals surface area contributed by atoms with Crippen LogP contribution < -0.4 is 10.6 Å². The molecular formula is C16H20BrN5O2. The number of urea groups is 1. The zero-order chi connectivity index (χ0) is 17.1. The molecule has 0 aliphatic carbocycles. The summed E-state index contributed by atoms with van der Waals surface area (Å²) in [5.41, 5.74) is 1.65. The number of carbonyl (C=O) groups excluding carboxylic acids is 1. The molecule has 24 heavy (non-hydrogen) atoms. The fourth-order valence-electron chi connectivity index (χ4n) is 2.65. The van der Waals surface area contributed by atoms with E-state index in [2.05, 4.69) is 50.5 Å². The maximum atomic E-state index is 12.3. The van der Waals surface area contributed by atoms with Crippen molar-refractivity contribution < 1.29 is 9.53 Å². The zero-order valence-electron chi connectivity index (χ0n) is 13.6. The summed E-state index contributed by atoms with van der Waals surface area (Å²) in [7, 11) is 0. The van der Waals surface area contributed by atoms with Crippen LogP contribution in [0.5, 0.6) is 0 Å². The Bertz CT molecular complexity index is 718. The molecule has 7 nitrogen and oxygen atoms in total. The highest BCUT2D eigenvalue weighted by molar-refractivity contribution is 9.10. The van der Waals surface area contributed by atoms with Crippen LogP contribution in [0.25, 0.3) is 0 Å². The number of nitrogens with zero attached hydrogens (tertiary/aromatic N) is 3. The monoisotopic (exact) mass is 393 g/mol. The molecule has 0 bridgehead atoms. The minimum atomic E-state index is -0.265. The molecule has 0 spiro atoms. The lowest BCUT2D eigenvalue weighted by atomic mass is 10.1. The molecule has 0 saturated carbocycles. The summed E-state index contributed by atoms with van der Waals surface area (Å²) in [5.74, 6) is 0. The van der Waals surface area contributed by atoms with E-state index in [1.165, 1.54) is 0 Å². The number of halogens is 1. The van der Waals surface area contributed by atoms with Crippen LogP contribution in [0.15, 0.2) is 35.3 Å². The van der Waals surface area contributed by atoms with Crippen LogP contribution in [0.4, 0.5) is 10.5 Å². The number of amides is 2. The lowest BCUT2D eigenvalue weighted by Gasteiger charge is -2.19. The van der Waals surface area contributed by atoms with Gasteiger partial charge >= 0.3 is 6.03 Å². The molecule has 1 fully saturated rings. The van der Waals surface area contributed by atoms with E-state index in [9.17, 15) is 4.79 Å². The quantitative estimate of drug-likeness (QED) is 0.834. The van der Waals surface area contributed by atoms with Gasteiger partial charge in [-0.05, 0) is 42.3 Å². The van der Waals surface area contributed by atoms with Crippen LogP contribution in [-0.4, -0.2) is 33.4 Å². The molecule has 3 rings (SSSR count). The van der Waals surface area contributed by atoms with E-state index in [-0.39, 0.29) is 18.2 Å². The first-order chi connectivity index (χ1) is 11.5. The number of carbonyl (C=O) groups is 1. The van der Waals surface area contributed by atoms with Crippen LogP contribution in [0.3, 0.4) is 0 Å². The molecule has 2 aromatic heterocycles. The fourth-order valence-corrected chi connectivity index (χ4v) is 3.00. The standard InChI is InChI=1S/C16H20BrN5O2/c1-10(2)22-9-11(7-19-22)15-14(4-6-24-15)21-16(23)20-13-3-5-18-8-12(13)17/h3,5,7-10,14-15H,4,6H2,1-2H3,(H2,18,20,21,23)/t14-,15+/m1/s1. The average molecular weight is 394 g/mol. The Labute approximate surface area is 148 Å². The number of hydrogen-bond donors (Lipinski definition) is 2. The molecule has 2 amide bonds. The molecule has 3 heterocycles. The summed E-state index contributed by atoms with van der Waals surface area (Å²) in [5, 5.41) is 10.2. The van der Waals surface area contributed by atoms with Crippen molar-refractivity contribution in [2.75, 3.05) is 11.9 Å². The second-order valence-electron chi connectivity index (χ2n) is 5.99. The van der Waals surface area contributed by atoms with Gasteiger partial charge in [-0.1, -0.05) is 0 Å². The van der Waals surface area contributed by atoms with E-state index in [4.69, 9.17) is 4.74 Å². The Balaban J connectivity index is 1.65. The Morgan fingerprint density at radius 1 is 1.46 bits per heavy atom. The van der Waals surface area contributed by atoms with Gasteiger partial charge in [0.15, 0.2) is 0 Å². The lowest BCUT2D eigenvalue weighted by molar-refractivity contribution is 0.100. The van der Waals surface area contributed by atoms with Crippen LogP contribution in [0.2, 0.25) is 0 Å². The first-order valence-electron chi connectivity index (χ1n) is 7.87. The predicted molar refractivity (Wildman–Crippen MR) is 93.8 cm³/mol. The summed E-state index contributed by atoms with van der Waals surface area (Å²) in [6.07, 6.45) is 7.64. The number of nitrogens with one attached hydrogen (secondary N) is 2. The average Bonchev–Trinajstić information content (AvgIpc) is 3.18. The molecule has 1 aliphatic heterocycles. The van der Waals surface area contributed by atoms with Gasteiger partial charge in [0.25, 0.3) is 0 Å². The molecule has 0 aromatic carbocycles. The highest BCUT2D eigenvalue weighted by Crippen LogP contribution is 2.29. The van der Waals surface area contributed by atoms with Gasteiger partial charge in [0.2, 0.25) is 0 Å². The van der Waals surface area contributed by atoms with Crippen molar-refractivity contribution in [2.45, 2.75) is 38.5 Å². The third-order valence-corrected chi connectivity index (χ3v) is 4.54. The molecule has 0 unspecified atom stereocenters. The zero-order valence-corrected chi connectivity index (χ0v) is 15.2. The molecule has 0 radical (unpaired) electrons. The van der Waals surface area contributed by atoms with E-state index in [1.54, 1.807) is 18.5 Å². The van der Waals surface area contributed by atoms with E-state index in [1.807, 2.05) is 17.1 Å². The van der Waals surface area contributed by atoms with Crippen molar-refractivity contribution in [2.24, 2.45) is 0 Å². The van der Waals surface area contributed by atoms with E-state index < -0.39 is 0 Å². The number of aromatic nitrogens is 3. The highest BCUT2D eigenvalue weighted by atomic mass is 79.9. The van der Waals surface area contributed by atoms with E-state index in [0.717, 1.165) is 16.5 Å². The topological polar surface area (TPSA) is 81.1 Å². The molecular weight excluding hydrogens is 374 g/mol. The van der Waals surface area contributed by atoms with E-state index >= 15 is 0 Å². The van der Waals surface area contributed by atoms with Crippen molar-refractivity contribution in [1.29, 1.82) is 0 Å². The number of ether oxygens (including phenoxy) is 1. The Hall–Kier alpha value is -1.93. The number of anilines is 1. The molecule has 128 valence electrons. The van der Waals surface area contributed by atoms with Gasteiger partial charge in [0, 0.05) is 36.8 Å².